The van der Waals surface area contributed by atoms with Crippen LogP contribution in [0.15, 0.2) is 0 Å². The second kappa shape index (κ2) is 3.56. The second-order valence-electron chi connectivity index (χ2n) is 4.37. The first-order chi connectivity index (χ1) is 5.98. The molecule has 0 aliphatic carbocycles. The van der Waals surface area contributed by atoms with Gasteiger partial charge in [0.2, 0.25) is 0 Å². The largest absolute Gasteiger partial charge is 0.386 e. The van der Waals surface area contributed by atoms with Crippen molar-refractivity contribution in [2.24, 2.45) is 11.7 Å². The quantitative estimate of drug-likeness (QED) is 0.690. The number of rotatable bonds is 3. The molecule has 1 aliphatic heterocycles. The van der Waals surface area contributed by atoms with Crippen LogP contribution in [0.2, 0.25) is 0 Å². The highest BCUT2D eigenvalue weighted by Crippen LogP contribution is 2.41. The van der Waals surface area contributed by atoms with Gasteiger partial charge in [0.1, 0.15) is 0 Å². The maximum atomic E-state index is 10.5. The fourth-order valence-corrected chi connectivity index (χ4v) is 2.28. The van der Waals surface area contributed by atoms with Crippen LogP contribution < -0.4 is 5.73 Å². The molecular formula is C10H21NO2. The average Bonchev–Trinajstić information content (AvgIpc) is 2.30. The molecular weight excluding hydrogens is 166 g/mol. The first kappa shape index (κ1) is 11.0. The summed E-state index contributed by atoms with van der Waals surface area (Å²) in [6.07, 6.45) is 1.61. The Morgan fingerprint density at radius 3 is 2.46 bits per heavy atom. The lowest BCUT2D eigenvalue weighted by Gasteiger charge is -2.40. The van der Waals surface area contributed by atoms with Crippen LogP contribution in [0, 0.1) is 5.92 Å². The lowest BCUT2D eigenvalue weighted by atomic mass is 9.74. The molecule has 1 saturated heterocycles. The molecule has 2 atom stereocenters. The lowest BCUT2D eigenvalue weighted by molar-refractivity contribution is -0.128. The van der Waals surface area contributed by atoms with E-state index in [-0.39, 0.29) is 5.92 Å². The van der Waals surface area contributed by atoms with Crippen molar-refractivity contribution in [3.8, 4) is 0 Å². The minimum atomic E-state index is -0.740. The third-order valence-corrected chi connectivity index (χ3v) is 3.44. The van der Waals surface area contributed by atoms with E-state index in [1.54, 1.807) is 0 Å². The summed E-state index contributed by atoms with van der Waals surface area (Å²) in [5.74, 6) is 0.144. The van der Waals surface area contributed by atoms with Crippen molar-refractivity contribution >= 4 is 0 Å². The number of aliphatic hydroxyl groups is 1. The Bertz CT molecular complexity index is 178. The van der Waals surface area contributed by atoms with E-state index in [4.69, 9.17) is 10.5 Å². The van der Waals surface area contributed by atoms with E-state index >= 15 is 0 Å². The Kier molecular flexibility index (Phi) is 3.00. The molecule has 0 radical (unpaired) electrons. The van der Waals surface area contributed by atoms with Crippen LogP contribution in [0.5, 0.6) is 0 Å². The summed E-state index contributed by atoms with van der Waals surface area (Å²) < 4.78 is 5.54. The van der Waals surface area contributed by atoms with Crippen LogP contribution in [0.25, 0.3) is 0 Å². The summed E-state index contributed by atoms with van der Waals surface area (Å²) in [7, 11) is 0. The van der Waals surface area contributed by atoms with Crippen molar-refractivity contribution in [3.05, 3.63) is 0 Å². The van der Waals surface area contributed by atoms with Crippen molar-refractivity contribution in [2.45, 2.75) is 44.8 Å². The molecule has 0 aromatic heterocycles. The van der Waals surface area contributed by atoms with E-state index in [0.29, 0.717) is 19.6 Å². The van der Waals surface area contributed by atoms with Gasteiger partial charge in [0.25, 0.3) is 0 Å². The maximum Gasteiger partial charge on any atom is 0.0992 e. The van der Waals surface area contributed by atoms with Crippen molar-refractivity contribution in [2.75, 3.05) is 13.2 Å². The molecule has 1 aliphatic rings. The van der Waals surface area contributed by atoms with E-state index in [1.807, 2.05) is 13.8 Å². The zero-order valence-electron chi connectivity index (χ0n) is 8.84. The monoisotopic (exact) mass is 187 g/mol. The summed E-state index contributed by atoms with van der Waals surface area (Å²) in [5.41, 5.74) is 4.46. The molecule has 0 aromatic rings. The van der Waals surface area contributed by atoms with Crippen LogP contribution in [0.3, 0.4) is 0 Å². The van der Waals surface area contributed by atoms with Crippen LogP contribution in [-0.4, -0.2) is 29.5 Å². The molecule has 0 bridgehead atoms. The third-order valence-electron chi connectivity index (χ3n) is 3.44. The van der Waals surface area contributed by atoms with Gasteiger partial charge >= 0.3 is 0 Å². The van der Waals surface area contributed by atoms with Gasteiger partial charge in [0, 0.05) is 12.3 Å². The van der Waals surface area contributed by atoms with Gasteiger partial charge in [-0.2, -0.15) is 0 Å². The molecule has 1 fully saturated rings. The summed E-state index contributed by atoms with van der Waals surface area (Å²) in [4.78, 5) is 0. The Morgan fingerprint density at radius 2 is 2.15 bits per heavy atom. The smallest absolute Gasteiger partial charge is 0.0992 e. The van der Waals surface area contributed by atoms with Crippen molar-refractivity contribution in [1.82, 2.24) is 0 Å². The minimum Gasteiger partial charge on any atom is -0.386 e. The van der Waals surface area contributed by atoms with Gasteiger partial charge in [0.15, 0.2) is 0 Å². The molecule has 0 amide bonds. The first-order valence-electron chi connectivity index (χ1n) is 5.04. The zero-order valence-corrected chi connectivity index (χ0v) is 8.84. The van der Waals surface area contributed by atoms with Crippen LogP contribution in [0.1, 0.15) is 33.6 Å². The predicted molar refractivity (Wildman–Crippen MR) is 52.4 cm³/mol. The SMILES string of the molecule is CCC(CN)C1(O)CCOC1(C)C. The van der Waals surface area contributed by atoms with Gasteiger partial charge in [-0.1, -0.05) is 6.92 Å². The fraction of sp³-hybridized carbons (Fsp3) is 1.00. The van der Waals surface area contributed by atoms with E-state index < -0.39 is 11.2 Å². The Morgan fingerprint density at radius 1 is 1.54 bits per heavy atom. The van der Waals surface area contributed by atoms with E-state index in [0.717, 1.165) is 6.42 Å². The Balaban J connectivity index is 2.84. The highest BCUT2D eigenvalue weighted by Gasteiger charge is 2.52. The van der Waals surface area contributed by atoms with E-state index in [2.05, 4.69) is 6.92 Å². The standard InChI is InChI=1S/C10H21NO2/c1-4-8(7-11)10(12)5-6-13-9(10,2)3/h8,12H,4-7,11H2,1-3H3. The molecule has 0 saturated carbocycles. The molecule has 0 spiro atoms. The average molecular weight is 187 g/mol. The number of nitrogens with two attached hydrogens (primary N) is 1. The van der Waals surface area contributed by atoms with Crippen molar-refractivity contribution in [3.63, 3.8) is 0 Å². The summed E-state index contributed by atoms with van der Waals surface area (Å²) in [5, 5.41) is 10.5. The van der Waals surface area contributed by atoms with Gasteiger partial charge in [-0.25, -0.2) is 0 Å². The molecule has 0 aromatic carbocycles. The number of hydrogen-bond donors (Lipinski definition) is 2. The Hall–Kier alpha value is -0.120. The molecule has 13 heavy (non-hydrogen) atoms. The van der Waals surface area contributed by atoms with Crippen LogP contribution in [0.4, 0.5) is 0 Å². The second-order valence-corrected chi connectivity index (χ2v) is 4.37. The van der Waals surface area contributed by atoms with Crippen LogP contribution >= 0.6 is 0 Å². The normalized spacial score (nSPS) is 34.8. The topological polar surface area (TPSA) is 55.5 Å². The summed E-state index contributed by atoms with van der Waals surface area (Å²) >= 11 is 0. The van der Waals surface area contributed by atoms with E-state index in [9.17, 15) is 5.11 Å². The lowest BCUT2D eigenvalue weighted by Crippen LogP contribution is -2.53. The van der Waals surface area contributed by atoms with E-state index in [1.165, 1.54) is 0 Å². The number of ether oxygens (including phenoxy) is 1. The van der Waals surface area contributed by atoms with Gasteiger partial charge in [-0.3, -0.25) is 0 Å². The summed E-state index contributed by atoms with van der Waals surface area (Å²) in [6, 6.07) is 0. The van der Waals surface area contributed by atoms with Crippen LogP contribution in [-0.2, 0) is 4.74 Å². The molecule has 2 unspecified atom stereocenters. The molecule has 3 nitrogen and oxygen atoms in total. The van der Waals surface area contributed by atoms with Crippen molar-refractivity contribution in [1.29, 1.82) is 0 Å². The molecule has 78 valence electrons. The molecule has 3 heteroatoms. The third kappa shape index (κ3) is 1.60. The zero-order chi connectivity index (χ0) is 10.1. The van der Waals surface area contributed by atoms with Gasteiger partial charge in [0.05, 0.1) is 17.8 Å². The number of hydrogen-bond acceptors (Lipinski definition) is 3. The van der Waals surface area contributed by atoms with Crippen molar-refractivity contribution < 1.29 is 9.84 Å². The first-order valence-corrected chi connectivity index (χ1v) is 5.04. The van der Waals surface area contributed by atoms with Gasteiger partial charge < -0.3 is 15.6 Å². The fourth-order valence-electron chi connectivity index (χ4n) is 2.28. The maximum absolute atomic E-state index is 10.5. The molecule has 3 N–H and O–H groups in total. The Labute approximate surface area is 80.3 Å². The molecule has 1 heterocycles. The van der Waals surface area contributed by atoms with Gasteiger partial charge in [-0.05, 0) is 26.8 Å². The molecule has 1 rings (SSSR count). The summed E-state index contributed by atoms with van der Waals surface area (Å²) in [6.45, 7) is 7.11. The predicted octanol–water partition coefficient (Wildman–Crippen LogP) is 0.901. The highest BCUT2D eigenvalue weighted by atomic mass is 16.5. The highest BCUT2D eigenvalue weighted by molar-refractivity contribution is 5.03. The van der Waals surface area contributed by atoms with Gasteiger partial charge in [-0.15, -0.1) is 0 Å². The minimum absolute atomic E-state index is 0.144.